The number of carbonyl (C=O) groups is 2. The molecule has 0 fully saturated rings. The van der Waals surface area contributed by atoms with Crippen molar-refractivity contribution in [1.29, 1.82) is 0 Å². The van der Waals surface area contributed by atoms with E-state index in [9.17, 15) is 9.59 Å². The van der Waals surface area contributed by atoms with Gasteiger partial charge in [0.15, 0.2) is 5.76 Å². The van der Waals surface area contributed by atoms with Gasteiger partial charge in [-0.1, -0.05) is 20.8 Å². The van der Waals surface area contributed by atoms with Crippen LogP contribution in [0.5, 0.6) is 0 Å². The van der Waals surface area contributed by atoms with Crippen molar-refractivity contribution in [2.75, 3.05) is 10.6 Å². The fourth-order valence-electron chi connectivity index (χ4n) is 2.09. The molecule has 0 radical (unpaired) electrons. The molecule has 1 atom stereocenters. The van der Waals surface area contributed by atoms with Crippen LogP contribution >= 0.6 is 0 Å². The number of furan rings is 1. The lowest BCUT2D eigenvalue weighted by Gasteiger charge is -2.26. The molecule has 1 aromatic heterocycles. The highest BCUT2D eigenvalue weighted by Crippen LogP contribution is 2.22. The molecule has 0 saturated heterocycles. The fourth-order valence-corrected chi connectivity index (χ4v) is 2.09. The highest BCUT2D eigenvalue weighted by atomic mass is 16.3. The molecule has 2 aromatic rings. The molecule has 0 aliphatic carbocycles. The maximum Gasteiger partial charge on any atom is 0.291 e. The van der Waals surface area contributed by atoms with Crippen LogP contribution in [0.4, 0.5) is 11.4 Å². The summed E-state index contributed by atoms with van der Waals surface area (Å²) >= 11 is 0. The molecule has 1 heterocycles. The molecule has 128 valence electrons. The zero-order valence-corrected chi connectivity index (χ0v) is 14.3. The van der Waals surface area contributed by atoms with Crippen LogP contribution in [0.25, 0.3) is 0 Å². The summed E-state index contributed by atoms with van der Waals surface area (Å²) < 4.78 is 5.06. The van der Waals surface area contributed by atoms with E-state index in [1.54, 1.807) is 30.3 Å². The zero-order valence-electron chi connectivity index (χ0n) is 14.3. The average molecular weight is 329 g/mol. The smallest absolute Gasteiger partial charge is 0.291 e. The summed E-state index contributed by atoms with van der Waals surface area (Å²) in [5, 5.41) is 5.57. The minimum absolute atomic E-state index is 0.239. The average Bonchev–Trinajstić information content (AvgIpc) is 3.02. The Bertz CT molecular complexity index is 730. The Morgan fingerprint density at radius 3 is 2.42 bits per heavy atom. The Morgan fingerprint density at radius 1 is 1.17 bits per heavy atom. The number of rotatable bonds is 4. The zero-order chi connectivity index (χ0) is 17.9. The van der Waals surface area contributed by atoms with Crippen molar-refractivity contribution in [3.05, 3.63) is 47.9 Å². The van der Waals surface area contributed by atoms with E-state index >= 15 is 0 Å². The van der Waals surface area contributed by atoms with Gasteiger partial charge < -0.3 is 20.8 Å². The van der Waals surface area contributed by atoms with Crippen molar-refractivity contribution in [3.63, 3.8) is 0 Å². The third kappa shape index (κ3) is 4.23. The first-order valence-electron chi connectivity index (χ1n) is 7.70. The van der Waals surface area contributed by atoms with E-state index in [2.05, 4.69) is 10.6 Å². The lowest BCUT2D eigenvalue weighted by Crippen LogP contribution is -2.45. The first kappa shape index (κ1) is 17.7. The minimum atomic E-state index is -0.615. The van der Waals surface area contributed by atoms with E-state index in [4.69, 9.17) is 10.2 Å². The van der Waals surface area contributed by atoms with Gasteiger partial charge in [0, 0.05) is 11.4 Å². The van der Waals surface area contributed by atoms with Crippen LogP contribution in [0.1, 0.15) is 36.9 Å². The number of nitrogens with one attached hydrogen (secondary N) is 2. The first-order valence-corrected chi connectivity index (χ1v) is 7.70. The third-order valence-corrected chi connectivity index (χ3v) is 3.70. The minimum Gasteiger partial charge on any atom is -0.459 e. The van der Waals surface area contributed by atoms with Gasteiger partial charge in [-0.05, 0) is 48.2 Å². The third-order valence-electron chi connectivity index (χ3n) is 3.70. The molecule has 6 heteroatoms. The fraction of sp³-hybridized carbons (Fsp3) is 0.333. The van der Waals surface area contributed by atoms with Crippen LogP contribution in [0.3, 0.4) is 0 Å². The van der Waals surface area contributed by atoms with E-state index in [0.29, 0.717) is 11.4 Å². The molecule has 2 amide bonds. The van der Waals surface area contributed by atoms with E-state index in [1.165, 1.54) is 6.26 Å². The highest BCUT2D eigenvalue weighted by Gasteiger charge is 2.27. The Labute approximate surface area is 141 Å². The second kappa shape index (κ2) is 6.88. The van der Waals surface area contributed by atoms with Crippen LogP contribution in [0.2, 0.25) is 0 Å². The highest BCUT2D eigenvalue weighted by molar-refractivity contribution is 6.03. The van der Waals surface area contributed by atoms with Crippen LogP contribution in [-0.2, 0) is 4.79 Å². The molecule has 0 bridgehead atoms. The number of aryl methyl sites for hydroxylation is 1. The largest absolute Gasteiger partial charge is 0.459 e. The number of amides is 2. The SMILES string of the molecule is Cc1cc(NC(=O)[C@@H](N)C(C)(C)C)ccc1NC(=O)c1ccco1. The van der Waals surface area contributed by atoms with Crippen molar-refractivity contribution in [3.8, 4) is 0 Å². The monoisotopic (exact) mass is 329 g/mol. The predicted octanol–water partition coefficient (Wildman–Crippen LogP) is 3.15. The van der Waals surface area contributed by atoms with E-state index in [0.717, 1.165) is 5.56 Å². The predicted molar refractivity (Wildman–Crippen MR) is 93.9 cm³/mol. The number of nitrogens with two attached hydrogens (primary N) is 1. The molecule has 0 saturated carbocycles. The Hall–Kier alpha value is -2.60. The van der Waals surface area contributed by atoms with Crippen LogP contribution in [-0.4, -0.2) is 17.9 Å². The number of hydrogen-bond acceptors (Lipinski definition) is 4. The first-order chi connectivity index (χ1) is 11.2. The maximum atomic E-state index is 12.2. The van der Waals surface area contributed by atoms with E-state index in [-0.39, 0.29) is 23.0 Å². The van der Waals surface area contributed by atoms with Crippen molar-refractivity contribution in [2.24, 2.45) is 11.1 Å². The van der Waals surface area contributed by atoms with Gasteiger partial charge in [0.05, 0.1) is 12.3 Å². The molecule has 24 heavy (non-hydrogen) atoms. The number of hydrogen-bond donors (Lipinski definition) is 3. The summed E-state index contributed by atoms with van der Waals surface area (Å²) in [7, 11) is 0. The molecule has 2 rings (SSSR count). The Kier molecular flexibility index (Phi) is 5.09. The molecule has 0 aliphatic rings. The standard InChI is InChI=1S/C18H23N3O3/c1-11-10-12(20-17(23)15(19)18(2,3)4)7-8-13(11)21-16(22)14-6-5-9-24-14/h5-10,15H,19H2,1-4H3,(H,20,23)(H,21,22)/t15-/m1/s1. The summed E-state index contributed by atoms with van der Waals surface area (Å²) in [4.78, 5) is 24.2. The van der Waals surface area contributed by atoms with Crippen LogP contribution < -0.4 is 16.4 Å². The summed E-state index contributed by atoms with van der Waals surface area (Å²) in [6, 6.07) is 7.86. The van der Waals surface area contributed by atoms with Gasteiger partial charge >= 0.3 is 0 Å². The van der Waals surface area contributed by atoms with Gasteiger partial charge in [-0.2, -0.15) is 0 Å². The van der Waals surface area contributed by atoms with Crippen molar-refractivity contribution < 1.29 is 14.0 Å². The molecular formula is C18H23N3O3. The molecule has 6 nitrogen and oxygen atoms in total. The van der Waals surface area contributed by atoms with Gasteiger partial charge in [-0.25, -0.2) is 0 Å². The van der Waals surface area contributed by atoms with Gasteiger partial charge in [0.2, 0.25) is 5.91 Å². The van der Waals surface area contributed by atoms with Gasteiger partial charge in [0.1, 0.15) is 0 Å². The molecule has 4 N–H and O–H groups in total. The maximum absolute atomic E-state index is 12.2. The lowest BCUT2D eigenvalue weighted by atomic mass is 9.87. The summed E-state index contributed by atoms with van der Waals surface area (Å²) in [6.07, 6.45) is 1.44. The van der Waals surface area contributed by atoms with E-state index < -0.39 is 6.04 Å². The number of carbonyl (C=O) groups excluding carboxylic acids is 2. The molecular weight excluding hydrogens is 306 g/mol. The second-order valence-corrected chi connectivity index (χ2v) is 6.79. The molecule has 1 aromatic carbocycles. The second-order valence-electron chi connectivity index (χ2n) is 6.79. The Balaban J connectivity index is 2.07. The van der Waals surface area contributed by atoms with Crippen LogP contribution in [0, 0.1) is 12.3 Å². The van der Waals surface area contributed by atoms with Crippen LogP contribution in [0.15, 0.2) is 41.0 Å². The van der Waals surface area contributed by atoms with Gasteiger partial charge in [0.25, 0.3) is 5.91 Å². The molecule has 0 unspecified atom stereocenters. The lowest BCUT2D eigenvalue weighted by molar-refractivity contribution is -0.119. The quantitative estimate of drug-likeness (QED) is 0.802. The normalized spacial score (nSPS) is 12.5. The number of anilines is 2. The summed E-state index contributed by atoms with van der Waals surface area (Å²) in [6.45, 7) is 7.58. The summed E-state index contributed by atoms with van der Waals surface area (Å²) in [5.74, 6) is -0.327. The summed E-state index contributed by atoms with van der Waals surface area (Å²) in [5.41, 5.74) is 7.72. The van der Waals surface area contributed by atoms with Crippen molar-refractivity contribution in [2.45, 2.75) is 33.7 Å². The van der Waals surface area contributed by atoms with E-state index in [1.807, 2.05) is 27.7 Å². The molecule has 0 aliphatic heterocycles. The van der Waals surface area contributed by atoms with Crippen molar-refractivity contribution in [1.82, 2.24) is 0 Å². The van der Waals surface area contributed by atoms with Crippen molar-refractivity contribution >= 4 is 23.2 Å². The Morgan fingerprint density at radius 2 is 1.88 bits per heavy atom. The molecule has 0 spiro atoms. The topological polar surface area (TPSA) is 97.4 Å². The number of benzene rings is 1. The van der Waals surface area contributed by atoms with Gasteiger partial charge in [-0.3, -0.25) is 9.59 Å². The van der Waals surface area contributed by atoms with Gasteiger partial charge in [-0.15, -0.1) is 0 Å².